The number of nitrogens with one attached hydrogen (secondary N) is 2. The lowest BCUT2D eigenvalue weighted by Crippen LogP contribution is -2.28. The van der Waals surface area contributed by atoms with E-state index in [9.17, 15) is 4.79 Å². The summed E-state index contributed by atoms with van der Waals surface area (Å²) in [5.41, 5.74) is 4.22. The van der Waals surface area contributed by atoms with E-state index in [1.165, 1.54) is 17.1 Å². The highest BCUT2D eigenvalue weighted by atomic mass is 32.1. The van der Waals surface area contributed by atoms with Crippen LogP contribution in [0.3, 0.4) is 0 Å². The van der Waals surface area contributed by atoms with Gasteiger partial charge in [0.2, 0.25) is 10.6 Å². The molecule has 24 heavy (non-hydrogen) atoms. The van der Waals surface area contributed by atoms with Crippen LogP contribution in [0.4, 0.5) is 0 Å². The van der Waals surface area contributed by atoms with E-state index < -0.39 is 0 Å². The van der Waals surface area contributed by atoms with Gasteiger partial charge >= 0.3 is 0 Å². The molecule has 0 atom stereocenters. The molecule has 8 nitrogen and oxygen atoms in total. The molecule has 0 bridgehead atoms. The van der Waals surface area contributed by atoms with Crippen LogP contribution in [-0.4, -0.2) is 37.4 Å². The van der Waals surface area contributed by atoms with Gasteiger partial charge in [0.25, 0.3) is 5.91 Å². The second-order valence-electron chi connectivity index (χ2n) is 4.92. The van der Waals surface area contributed by atoms with E-state index in [2.05, 4.69) is 25.6 Å². The van der Waals surface area contributed by atoms with Crippen LogP contribution in [0.25, 0.3) is 11.5 Å². The van der Waals surface area contributed by atoms with E-state index in [1.54, 1.807) is 18.3 Å². The van der Waals surface area contributed by atoms with Crippen molar-refractivity contribution in [3.8, 4) is 17.3 Å². The summed E-state index contributed by atoms with van der Waals surface area (Å²) in [4.78, 5) is 20.2. The highest BCUT2D eigenvalue weighted by Gasteiger charge is 2.13. The average molecular weight is 342 g/mol. The van der Waals surface area contributed by atoms with Crippen LogP contribution < -0.4 is 10.2 Å². The van der Waals surface area contributed by atoms with Crippen LogP contribution >= 0.6 is 12.2 Å². The van der Waals surface area contributed by atoms with Crippen LogP contribution in [-0.2, 0) is 4.79 Å². The predicted molar refractivity (Wildman–Crippen MR) is 89.5 cm³/mol. The van der Waals surface area contributed by atoms with Crippen molar-refractivity contribution in [2.75, 3.05) is 12.0 Å². The number of hydrogen-bond donors (Lipinski definition) is 2. The Bertz CT molecular complexity index is 888. The molecule has 0 saturated heterocycles. The van der Waals surface area contributed by atoms with E-state index in [0.29, 0.717) is 17.3 Å². The summed E-state index contributed by atoms with van der Waals surface area (Å²) in [5, 5.41) is 6.67. The van der Waals surface area contributed by atoms with Gasteiger partial charge in [0.15, 0.2) is 6.61 Å². The zero-order valence-electron chi connectivity index (χ0n) is 12.8. The Labute approximate surface area is 142 Å². The molecular weight excluding hydrogens is 328 g/mol. The summed E-state index contributed by atoms with van der Waals surface area (Å²) in [6.07, 6.45) is 4.60. The Balaban J connectivity index is 1.70. The fourth-order valence-electron chi connectivity index (χ4n) is 1.93. The Kier molecular flexibility index (Phi) is 4.62. The molecule has 2 heterocycles. The van der Waals surface area contributed by atoms with Crippen LogP contribution in [0.5, 0.6) is 5.75 Å². The van der Waals surface area contributed by atoms with Gasteiger partial charge in [0.05, 0.1) is 6.20 Å². The molecule has 0 aliphatic rings. The van der Waals surface area contributed by atoms with Gasteiger partial charge in [-0.2, -0.15) is 5.10 Å². The third kappa shape index (κ3) is 3.63. The molecule has 3 rings (SSSR count). The number of hydrogen-bond acceptors (Lipinski definition) is 6. The quantitative estimate of drug-likeness (QED) is 0.687. The monoisotopic (exact) mass is 342 g/mol. The molecule has 0 fully saturated rings. The summed E-state index contributed by atoms with van der Waals surface area (Å²) in [7, 11) is 0. The van der Waals surface area contributed by atoms with E-state index >= 15 is 0 Å². The minimum absolute atomic E-state index is 0.157. The number of amides is 1. The number of carbonyl (C=O) groups is 1. The molecule has 0 aliphatic carbocycles. The Morgan fingerprint density at radius 2 is 2.12 bits per heavy atom. The third-order valence-electron chi connectivity index (χ3n) is 3.09. The largest absolute Gasteiger partial charge is 0.484 e. The molecular formula is C15H14N6O2S. The lowest BCUT2D eigenvalue weighted by atomic mass is 10.2. The summed E-state index contributed by atoms with van der Waals surface area (Å²) < 4.78 is 7.01. The highest BCUT2D eigenvalue weighted by Crippen LogP contribution is 2.12. The number of ether oxygens (including phenoxy) is 1. The number of aromatic amines is 1. The van der Waals surface area contributed by atoms with E-state index in [0.717, 1.165) is 5.56 Å². The number of benzene rings is 1. The smallest absolute Gasteiger partial charge is 0.276 e. The molecule has 0 saturated carbocycles. The SMILES string of the molecule is Cc1ccc(OCC(=O)Nn2c(-c3cnccn3)n[nH]c2=S)cc1. The van der Waals surface area contributed by atoms with Gasteiger partial charge in [0.1, 0.15) is 11.4 Å². The Hall–Kier alpha value is -3.07. The first-order valence-corrected chi connectivity index (χ1v) is 7.47. The van der Waals surface area contributed by atoms with Crippen LogP contribution in [0.15, 0.2) is 42.9 Å². The molecule has 2 aromatic heterocycles. The first kappa shape index (κ1) is 15.8. The van der Waals surface area contributed by atoms with Gasteiger partial charge in [-0.25, -0.2) is 14.8 Å². The molecule has 0 aliphatic heterocycles. The van der Waals surface area contributed by atoms with Gasteiger partial charge in [-0.05, 0) is 31.3 Å². The Morgan fingerprint density at radius 3 is 2.83 bits per heavy atom. The number of rotatable bonds is 5. The Morgan fingerprint density at radius 1 is 1.33 bits per heavy atom. The standard InChI is InChI=1S/C15H14N6O2S/c1-10-2-4-11(5-3-10)23-9-13(22)20-21-14(18-19-15(21)24)12-8-16-6-7-17-12/h2-8H,9H2,1H3,(H,19,24)(H,20,22). The minimum atomic E-state index is -0.377. The molecule has 0 radical (unpaired) electrons. The van der Waals surface area contributed by atoms with Crippen molar-refractivity contribution in [1.29, 1.82) is 0 Å². The van der Waals surface area contributed by atoms with Crippen molar-refractivity contribution in [2.24, 2.45) is 0 Å². The third-order valence-corrected chi connectivity index (χ3v) is 3.37. The van der Waals surface area contributed by atoms with Gasteiger partial charge in [-0.15, -0.1) is 0 Å². The topological polar surface area (TPSA) is 97.7 Å². The molecule has 3 aromatic rings. The zero-order chi connectivity index (χ0) is 16.9. The molecule has 122 valence electrons. The zero-order valence-corrected chi connectivity index (χ0v) is 13.6. The lowest BCUT2D eigenvalue weighted by Gasteiger charge is -2.09. The van der Waals surface area contributed by atoms with E-state index in [4.69, 9.17) is 17.0 Å². The second-order valence-corrected chi connectivity index (χ2v) is 5.30. The van der Waals surface area contributed by atoms with Gasteiger partial charge in [-0.1, -0.05) is 17.7 Å². The summed E-state index contributed by atoms with van der Waals surface area (Å²) in [6, 6.07) is 7.42. The summed E-state index contributed by atoms with van der Waals surface area (Å²) in [6.45, 7) is 1.82. The van der Waals surface area contributed by atoms with Gasteiger partial charge < -0.3 is 4.74 Å². The summed E-state index contributed by atoms with van der Waals surface area (Å²) >= 11 is 5.12. The van der Waals surface area contributed by atoms with Gasteiger partial charge in [0, 0.05) is 12.4 Å². The number of aromatic nitrogens is 5. The molecule has 2 N–H and O–H groups in total. The van der Waals surface area contributed by atoms with Crippen molar-refractivity contribution < 1.29 is 9.53 Å². The number of carbonyl (C=O) groups excluding carboxylic acids is 1. The van der Waals surface area contributed by atoms with Crippen LogP contribution in [0.2, 0.25) is 0 Å². The molecule has 0 spiro atoms. The van der Waals surface area contributed by atoms with Gasteiger partial charge in [-0.3, -0.25) is 15.2 Å². The van der Waals surface area contributed by atoms with Crippen molar-refractivity contribution in [3.63, 3.8) is 0 Å². The summed E-state index contributed by atoms with van der Waals surface area (Å²) in [5.74, 6) is 0.593. The van der Waals surface area contributed by atoms with Crippen molar-refractivity contribution in [2.45, 2.75) is 6.92 Å². The first-order chi connectivity index (χ1) is 11.6. The van der Waals surface area contributed by atoms with Crippen LogP contribution in [0.1, 0.15) is 5.56 Å². The van der Waals surface area contributed by atoms with Crippen molar-refractivity contribution in [1.82, 2.24) is 24.8 Å². The maximum absolute atomic E-state index is 12.1. The normalized spacial score (nSPS) is 10.4. The van der Waals surface area contributed by atoms with Crippen LogP contribution in [0, 0.1) is 11.7 Å². The predicted octanol–water partition coefficient (Wildman–Crippen LogP) is 1.86. The maximum atomic E-state index is 12.1. The molecule has 1 aromatic carbocycles. The van der Waals surface area contributed by atoms with E-state index in [-0.39, 0.29) is 17.3 Å². The highest BCUT2D eigenvalue weighted by molar-refractivity contribution is 7.71. The number of H-pyrrole nitrogens is 1. The fourth-order valence-corrected chi connectivity index (χ4v) is 2.11. The minimum Gasteiger partial charge on any atom is -0.484 e. The van der Waals surface area contributed by atoms with E-state index in [1.807, 2.05) is 19.1 Å². The van der Waals surface area contributed by atoms with Crippen molar-refractivity contribution >= 4 is 18.1 Å². The number of aryl methyl sites for hydroxylation is 1. The molecule has 9 heteroatoms. The fraction of sp³-hybridized carbons (Fsp3) is 0.133. The van der Waals surface area contributed by atoms with Crippen molar-refractivity contribution in [3.05, 3.63) is 53.2 Å². The number of nitrogens with zero attached hydrogens (tertiary/aromatic N) is 4. The average Bonchev–Trinajstić information content (AvgIpc) is 2.96. The second kappa shape index (κ2) is 7.01. The lowest BCUT2D eigenvalue weighted by molar-refractivity contribution is -0.119. The molecule has 1 amide bonds. The maximum Gasteiger partial charge on any atom is 0.276 e. The first-order valence-electron chi connectivity index (χ1n) is 7.06. The molecule has 0 unspecified atom stereocenters.